The fourth-order valence-corrected chi connectivity index (χ4v) is 4.37. The summed E-state index contributed by atoms with van der Waals surface area (Å²) in [5.74, 6) is 0.443. The summed E-state index contributed by atoms with van der Waals surface area (Å²) in [6.45, 7) is 1.03. The van der Waals surface area contributed by atoms with Crippen LogP contribution in [0.1, 0.15) is 43.4 Å². The maximum Gasteiger partial charge on any atom is 0.319 e. The van der Waals surface area contributed by atoms with E-state index in [4.69, 9.17) is 10.5 Å². The van der Waals surface area contributed by atoms with Crippen molar-refractivity contribution in [2.45, 2.75) is 51.4 Å². The van der Waals surface area contributed by atoms with Crippen molar-refractivity contribution in [2.75, 3.05) is 11.1 Å². The summed E-state index contributed by atoms with van der Waals surface area (Å²) in [4.78, 5) is 20.9. The van der Waals surface area contributed by atoms with Gasteiger partial charge in [0.2, 0.25) is 0 Å². The van der Waals surface area contributed by atoms with Gasteiger partial charge in [0, 0.05) is 23.0 Å². The van der Waals surface area contributed by atoms with Crippen LogP contribution in [0.2, 0.25) is 0 Å². The number of anilines is 2. The normalized spacial score (nSPS) is 16.7. The molecule has 2 aromatic heterocycles. The van der Waals surface area contributed by atoms with E-state index >= 15 is 0 Å². The van der Waals surface area contributed by atoms with Gasteiger partial charge in [0.1, 0.15) is 17.4 Å². The van der Waals surface area contributed by atoms with E-state index in [0.29, 0.717) is 19.0 Å². The third-order valence-electron chi connectivity index (χ3n) is 5.79. The van der Waals surface area contributed by atoms with Crippen molar-refractivity contribution in [3.05, 3.63) is 41.9 Å². The topological polar surface area (TPSA) is 107 Å². The molecule has 1 aromatic carbocycles. The minimum atomic E-state index is -0.150. The first-order valence-electron chi connectivity index (χ1n) is 10.1. The van der Waals surface area contributed by atoms with Crippen LogP contribution in [-0.4, -0.2) is 26.6 Å². The third-order valence-corrected chi connectivity index (χ3v) is 5.79. The number of nitrogens with one attached hydrogen (secondary N) is 2. The lowest BCUT2D eigenvalue weighted by atomic mass is 9.96. The molecule has 5 rings (SSSR count). The van der Waals surface area contributed by atoms with Crippen molar-refractivity contribution in [2.24, 2.45) is 0 Å². The molecule has 8 heteroatoms. The number of carbonyl (C=O) groups excluding carboxylic acids is 1. The molecule has 0 spiro atoms. The van der Waals surface area contributed by atoms with Crippen LogP contribution in [0.3, 0.4) is 0 Å². The van der Waals surface area contributed by atoms with Crippen molar-refractivity contribution in [1.82, 2.24) is 19.9 Å². The molecule has 4 N–H and O–H groups in total. The number of ether oxygens (including phenoxy) is 1. The minimum Gasteiger partial charge on any atom is -0.382 e. The number of benzene rings is 1. The first-order chi connectivity index (χ1) is 14.2. The zero-order chi connectivity index (χ0) is 19.8. The van der Waals surface area contributed by atoms with Gasteiger partial charge >= 0.3 is 6.03 Å². The number of hydrogen-bond acceptors (Lipinski definition) is 5. The maximum atomic E-state index is 12.3. The van der Waals surface area contributed by atoms with Gasteiger partial charge < -0.3 is 25.7 Å². The van der Waals surface area contributed by atoms with E-state index in [1.165, 1.54) is 25.6 Å². The minimum absolute atomic E-state index is 0.150. The van der Waals surface area contributed by atoms with Crippen LogP contribution >= 0.6 is 0 Å². The second-order valence-electron chi connectivity index (χ2n) is 7.69. The molecule has 0 unspecified atom stereocenters. The Kier molecular flexibility index (Phi) is 4.55. The Labute approximate surface area is 168 Å². The van der Waals surface area contributed by atoms with Gasteiger partial charge in [-0.2, -0.15) is 0 Å². The van der Waals surface area contributed by atoms with Gasteiger partial charge in [-0.1, -0.05) is 19.3 Å². The van der Waals surface area contributed by atoms with Crippen molar-refractivity contribution < 1.29 is 9.53 Å². The average Bonchev–Trinajstić information content (AvgIpc) is 3.31. The molecule has 8 nitrogen and oxygen atoms in total. The Hall–Kier alpha value is -3.13. The van der Waals surface area contributed by atoms with Gasteiger partial charge in [0.15, 0.2) is 5.82 Å². The van der Waals surface area contributed by atoms with E-state index in [1.807, 2.05) is 24.3 Å². The molecule has 29 heavy (non-hydrogen) atoms. The largest absolute Gasteiger partial charge is 0.382 e. The van der Waals surface area contributed by atoms with Crippen molar-refractivity contribution in [1.29, 1.82) is 0 Å². The van der Waals surface area contributed by atoms with Gasteiger partial charge in [-0.25, -0.2) is 14.8 Å². The highest BCUT2D eigenvalue weighted by atomic mass is 16.5. The van der Waals surface area contributed by atoms with Crippen LogP contribution in [0.4, 0.5) is 16.3 Å². The Morgan fingerprint density at radius 2 is 1.90 bits per heavy atom. The van der Waals surface area contributed by atoms with Crippen molar-refractivity contribution in [3.63, 3.8) is 0 Å². The number of amides is 2. The van der Waals surface area contributed by atoms with Gasteiger partial charge in [-0.15, -0.1) is 0 Å². The number of carbonyl (C=O) groups is 1. The average molecular weight is 392 g/mol. The zero-order valence-electron chi connectivity index (χ0n) is 16.1. The number of nitrogens with two attached hydrogens (primary N) is 1. The molecule has 150 valence electrons. The van der Waals surface area contributed by atoms with Crippen LogP contribution in [0.25, 0.3) is 16.7 Å². The van der Waals surface area contributed by atoms with Crippen LogP contribution in [0, 0.1) is 0 Å². The smallest absolute Gasteiger partial charge is 0.319 e. The number of nitrogen functional groups attached to an aromatic ring is 1. The number of fused-ring (bicyclic) bond motifs is 3. The predicted octanol–water partition coefficient (Wildman–Crippen LogP) is 3.49. The van der Waals surface area contributed by atoms with Crippen molar-refractivity contribution in [3.8, 4) is 5.69 Å². The van der Waals surface area contributed by atoms with Crippen LogP contribution in [-0.2, 0) is 18.0 Å². The Bertz CT molecular complexity index is 1050. The van der Waals surface area contributed by atoms with E-state index in [9.17, 15) is 4.79 Å². The molecule has 0 saturated heterocycles. The van der Waals surface area contributed by atoms with Gasteiger partial charge in [-0.3, -0.25) is 0 Å². The van der Waals surface area contributed by atoms with E-state index in [2.05, 4.69) is 25.2 Å². The van der Waals surface area contributed by atoms with E-state index in [-0.39, 0.29) is 12.1 Å². The number of rotatable bonds is 3. The summed E-state index contributed by atoms with van der Waals surface area (Å²) in [6.07, 6.45) is 7.24. The fraction of sp³-hybridized carbons (Fsp3) is 0.381. The molecule has 3 aromatic rings. The summed E-state index contributed by atoms with van der Waals surface area (Å²) in [6, 6.07) is 7.83. The summed E-state index contributed by atoms with van der Waals surface area (Å²) in [5, 5.41) is 6.00. The Morgan fingerprint density at radius 3 is 2.69 bits per heavy atom. The van der Waals surface area contributed by atoms with Crippen molar-refractivity contribution >= 4 is 28.6 Å². The monoisotopic (exact) mass is 392 g/mol. The first-order valence-corrected chi connectivity index (χ1v) is 10.1. The highest BCUT2D eigenvalue weighted by Crippen LogP contribution is 2.35. The lowest BCUT2D eigenvalue weighted by Gasteiger charge is -2.22. The van der Waals surface area contributed by atoms with Crippen LogP contribution in [0.5, 0.6) is 0 Å². The zero-order valence-corrected chi connectivity index (χ0v) is 16.1. The van der Waals surface area contributed by atoms with Gasteiger partial charge in [0.25, 0.3) is 0 Å². The number of nitrogens with zero attached hydrogens (tertiary/aromatic N) is 3. The van der Waals surface area contributed by atoms with Crippen LogP contribution < -0.4 is 16.4 Å². The molecule has 2 amide bonds. The lowest BCUT2D eigenvalue weighted by Crippen LogP contribution is -2.38. The first kappa shape index (κ1) is 17.9. The molecule has 1 aliphatic heterocycles. The quantitative estimate of drug-likeness (QED) is 0.632. The highest BCUT2D eigenvalue weighted by Gasteiger charge is 2.25. The number of urea groups is 1. The molecule has 0 radical (unpaired) electrons. The van der Waals surface area contributed by atoms with Gasteiger partial charge in [-0.05, 0) is 37.1 Å². The molecule has 1 saturated carbocycles. The summed E-state index contributed by atoms with van der Waals surface area (Å²) in [5.41, 5.74) is 11.6. The summed E-state index contributed by atoms with van der Waals surface area (Å²) in [7, 11) is 0. The van der Waals surface area contributed by atoms with Crippen LogP contribution in [0.15, 0.2) is 30.6 Å². The van der Waals surface area contributed by atoms with E-state index in [0.717, 1.165) is 46.5 Å². The summed E-state index contributed by atoms with van der Waals surface area (Å²) >= 11 is 0. The fourth-order valence-electron chi connectivity index (χ4n) is 4.37. The molecule has 1 aliphatic carbocycles. The molecular weight excluding hydrogens is 368 g/mol. The molecule has 1 fully saturated rings. The lowest BCUT2D eigenvalue weighted by molar-refractivity contribution is 0.132. The van der Waals surface area contributed by atoms with E-state index < -0.39 is 0 Å². The molecule has 0 bridgehead atoms. The Balaban J connectivity index is 1.39. The molecule has 3 heterocycles. The summed E-state index contributed by atoms with van der Waals surface area (Å²) < 4.78 is 7.68. The predicted molar refractivity (Wildman–Crippen MR) is 111 cm³/mol. The standard InChI is InChI=1S/C21H24N6O2/c22-20-19-18(23-12-24-20)16-10-29-11-17(16)27(19)15-8-6-14(7-9-15)26-21(28)25-13-4-2-1-3-5-13/h6-9,12-13H,1-5,10-11H2,(H2,22,23,24)(H2,25,26,28). The molecule has 0 atom stereocenters. The Morgan fingerprint density at radius 1 is 1.10 bits per heavy atom. The van der Waals surface area contributed by atoms with E-state index in [1.54, 1.807) is 0 Å². The third kappa shape index (κ3) is 3.29. The molecule has 2 aliphatic rings. The number of aromatic nitrogens is 3. The second kappa shape index (κ2) is 7.36. The molecular formula is C21H24N6O2. The SMILES string of the molecule is Nc1ncnc2c3c(n(-c4ccc(NC(=O)NC5CCCCC5)cc4)c12)COC3. The number of hydrogen-bond donors (Lipinski definition) is 3. The van der Waals surface area contributed by atoms with Gasteiger partial charge in [0.05, 0.1) is 18.9 Å². The highest BCUT2D eigenvalue weighted by molar-refractivity contribution is 5.92. The second-order valence-corrected chi connectivity index (χ2v) is 7.69. The maximum absolute atomic E-state index is 12.3.